The Bertz CT molecular complexity index is 1020. The van der Waals surface area contributed by atoms with Gasteiger partial charge in [-0.15, -0.1) is 0 Å². The Balaban J connectivity index is 1.44. The van der Waals surface area contributed by atoms with E-state index in [4.69, 9.17) is 25.8 Å². The molecule has 0 bridgehead atoms. The van der Waals surface area contributed by atoms with Crippen LogP contribution >= 0.6 is 11.6 Å². The molecule has 1 aromatic carbocycles. The molecule has 3 aliphatic rings. The van der Waals surface area contributed by atoms with E-state index < -0.39 is 17.5 Å². The SMILES string of the molecule is CCOC(=O)c1ccc(Cl)cc1OC(=O)CCCC1C2CCCN3CCCC(CN1C(=O)OC(C)(C)C)C23. The summed E-state index contributed by atoms with van der Waals surface area (Å²) >= 11 is 6.09. The minimum atomic E-state index is -0.568. The monoisotopic (exact) mass is 548 g/mol. The Morgan fingerprint density at radius 3 is 2.55 bits per heavy atom. The van der Waals surface area contributed by atoms with Gasteiger partial charge in [-0.3, -0.25) is 9.69 Å². The van der Waals surface area contributed by atoms with Crippen LogP contribution in [0.25, 0.3) is 0 Å². The zero-order chi connectivity index (χ0) is 27.4. The van der Waals surface area contributed by atoms with E-state index in [2.05, 4.69) is 4.90 Å². The van der Waals surface area contributed by atoms with Gasteiger partial charge in [0.25, 0.3) is 0 Å². The van der Waals surface area contributed by atoms with Crippen molar-refractivity contribution in [1.82, 2.24) is 9.80 Å². The van der Waals surface area contributed by atoms with Crippen LogP contribution in [0, 0.1) is 11.8 Å². The lowest BCUT2D eigenvalue weighted by atomic mass is 9.69. The first-order valence-electron chi connectivity index (χ1n) is 14.0. The van der Waals surface area contributed by atoms with Gasteiger partial charge in [0, 0.05) is 36.1 Å². The highest BCUT2D eigenvalue weighted by Gasteiger charge is 2.50. The van der Waals surface area contributed by atoms with E-state index in [0.717, 1.165) is 32.4 Å². The number of amides is 1. The molecule has 4 atom stereocenters. The molecule has 0 aliphatic carbocycles. The van der Waals surface area contributed by atoms with Gasteiger partial charge in [0.15, 0.2) is 0 Å². The summed E-state index contributed by atoms with van der Waals surface area (Å²) in [6.07, 6.45) is 5.67. The summed E-state index contributed by atoms with van der Waals surface area (Å²) in [6, 6.07) is 5.02. The van der Waals surface area contributed by atoms with Crippen molar-refractivity contribution in [2.24, 2.45) is 11.8 Å². The molecule has 0 aromatic heterocycles. The normalized spacial score (nSPS) is 25.3. The van der Waals surface area contributed by atoms with Crippen molar-refractivity contribution in [1.29, 1.82) is 0 Å². The number of likely N-dealkylation sites (tertiary alicyclic amines) is 1. The summed E-state index contributed by atoms with van der Waals surface area (Å²) in [5.74, 6) is -0.0760. The van der Waals surface area contributed by atoms with Crippen molar-refractivity contribution in [2.75, 3.05) is 26.2 Å². The summed E-state index contributed by atoms with van der Waals surface area (Å²) in [5.41, 5.74) is -0.403. The van der Waals surface area contributed by atoms with Gasteiger partial charge in [0.1, 0.15) is 16.9 Å². The molecule has 0 radical (unpaired) electrons. The van der Waals surface area contributed by atoms with Crippen LogP contribution < -0.4 is 4.74 Å². The topological polar surface area (TPSA) is 85.4 Å². The zero-order valence-corrected chi connectivity index (χ0v) is 23.8. The maximum atomic E-state index is 13.3. The highest BCUT2D eigenvalue weighted by atomic mass is 35.5. The molecule has 8 nitrogen and oxygen atoms in total. The van der Waals surface area contributed by atoms with Gasteiger partial charge < -0.3 is 19.1 Å². The maximum absolute atomic E-state index is 13.3. The van der Waals surface area contributed by atoms with Crippen LogP contribution in [0.4, 0.5) is 4.79 Å². The standard InChI is InChI=1S/C29H41ClN2O6/c1-5-36-27(34)22-14-13-20(30)17-24(22)37-25(33)12-6-11-23-21-10-8-16-31-15-7-9-19(26(21)31)18-32(23)28(35)38-29(2,3)4/h13-14,17,19,21,23,26H,5-12,15-16,18H2,1-4H3. The van der Waals surface area contributed by atoms with E-state index in [1.165, 1.54) is 18.6 Å². The Labute approximate surface area is 230 Å². The Morgan fingerprint density at radius 1 is 1.11 bits per heavy atom. The van der Waals surface area contributed by atoms with Crippen molar-refractivity contribution in [3.8, 4) is 5.75 Å². The average Bonchev–Trinajstić information content (AvgIpc) is 2.84. The van der Waals surface area contributed by atoms with Crippen molar-refractivity contribution in [3.05, 3.63) is 28.8 Å². The lowest BCUT2D eigenvalue weighted by Crippen LogP contribution is -2.65. The van der Waals surface area contributed by atoms with E-state index in [1.807, 2.05) is 25.7 Å². The van der Waals surface area contributed by atoms with Crippen LogP contribution in [0.2, 0.25) is 5.02 Å². The Kier molecular flexibility index (Phi) is 9.24. The molecule has 0 N–H and O–H groups in total. The van der Waals surface area contributed by atoms with E-state index >= 15 is 0 Å². The summed E-state index contributed by atoms with van der Waals surface area (Å²) in [6.45, 7) is 10.6. The predicted octanol–water partition coefficient (Wildman–Crippen LogP) is 5.70. The van der Waals surface area contributed by atoms with Gasteiger partial charge in [-0.25, -0.2) is 9.59 Å². The van der Waals surface area contributed by atoms with Gasteiger partial charge in [-0.05, 0) is 103 Å². The number of carbonyl (C=O) groups is 3. The fraction of sp³-hybridized carbons (Fsp3) is 0.690. The van der Waals surface area contributed by atoms with E-state index in [-0.39, 0.29) is 36.5 Å². The number of nitrogens with zero attached hydrogens (tertiary/aromatic N) is 2. The minimum absolute atomic E-state index is 0.0149. The van der Waals surface area contributed by atoms with E-state index in [0.29, 0.717) is 42.3 Å². The number of hydrogen-bond acceptors (Lipinski definition) is 7. The first-order chi connectivity index (χ1) is 18.1. The molecule has 1 aromatic rings. The van der Waals surface area contributed by atoms with E-state index in [1.54, 1.807) is 13.0 Å². The Hall–Kier alpha value is -2.32. The predicted molar refractivity (Wildman–Crippen MR) is 144 cm³/mol. The highest BCUT2D eigenvalue weighted by Crippen LogP contribution is 2.43. The molecule has 0 spiro atoms. The molecule has 210 valence electrons. The van der Waals surface area contributed by atoms with Crippen molar-refractivity contribution in [3.63, 3.8) is 0 Å². The van der Waals surface area contributed by atoms with Gasteiger partial charge in [-0.2, -0.15) is 0 Å². The fourth-order valence-electron chi connectivity index (χ4n) is 6.48. The fourth-order valence-corrected chi connectivity index (χ4v) is 6.64. The minimum Gasteiger partial charge on any atom is -0.462 e. The largest absolute Gasteiger partial charge is 0.462 e. The second kappa shape index (κ2) is 12.2. The third-order valence-electron chi connectivity index (χ3n) is 7.84. The molecule has 1 amide bonds. The third kappa shape index (κ3) is 6.81. The number of benzene rings is 1. The number of esters is 2. The summed E-state index contributed by atoms with van der Waals surface area (Å²) in [5, 5.41) is 0.361. The van der Waals surface area contributed by atoms with Crippen molar-refractivity contribution in [2.45, 2.75) is 90.3 Å². The number of ether oxygens (including phenoxy) is 3. The van der Waals surface area contributed by atoms with Crippen LogP contribution in [0.5, 0.6) is 5.75 Å². The molecule has 3 aliphatic heterocycles. The Morgan fingerprint density at radius 2 is 1.84 bits per heavy atom. The lowest BCUT2D eigenvalue weighted by Gasteiger charge is -2.57. The van der Waals surface area contributed by atoms with Gasteiger partial charge in [-0.1, -0.05) is 11.6 Å². The number of carbonyl (C=O) groups excluding carboxylic acids is 3. The van der Waals surface area contributed by atoms with Crippen LogP contribution in [-0.2, 0) is 14.3 Å². The van der Waals surface area contributed by atoms with Gasteiger partial charge in [0.2, 0.25) is 0 Å². The molecule has 3 heterocycles. The molecule has 9 heteroatoms. The molecule has 38 heavy (non-hydrogen) atoms. The molecule has 3 fully saturated rings. The second-order valence-corrected chi connectivity index (χ2v) is 12.1. The maximum Gasteiger partial charge on any atom is 0.410 e. The molecule has 4 unspecified atom stereocenters. The molecule has 3 saturated heterocycles. The molecule has 4 rings (SSSR count). The number of piperidine rings is 3. The summed E-state index contributed by atoms with van der Waals surface area (Å²) in [4.78, 5) is 43.0. The van der Waals surface area contributed by atoms with Gasteiger partial charge in [0.05, 0.1) is 6.61 Å². The number of hydrogen-bond donors (Lipinski definition) is 0. The van der Waals surface area contributed by atoms with E-state index in [9.17, 15) is 14.4 Å². The van der Waals surface area contributed by atoms with Crippen LogP contribution in [0.15, 0.2) is 18.2 Å². The van der Waals surface area contributed by atoms with Gasteiger partial charge >= 0.3 is 18.0 Å². The second-order valence-electron chi connectivity index (χ2n) is 11.7. The van der Waals surface area contributed by atoms with Crippen molar-refractivity contribution >= 4 is 29.6 Å². The quantitative estimate of drug-likeness (QED) is 0.319. The van der Waals surface area contributed by atoms with Crippen LogP contribution in [0.3, 0.4) is 0 Å². The van der Waals surface area contributed by atoms with Crippen LogP contribution in [-0.4, -0.2) is 71.8 Å². The zero-order valence-electron chi connectivity index (χ0n) is 23.0. The van der Waals surface area contributed by atoms with Crippen LogP contribution in [0.1, 0.15) is 83.0 Å². The smallest absolute Gasteiger partial charge is 0.410 e. The van der Waals surface area contributed by atoms with Crippen molar-refractivity contribution < 1.29 is 28.6 Å². The first-order valence-corrected chi connectivity index (χ1v) is 14.4. The number of rotatable bonds is 7. The third-order valence-corrected chi connectivity index (χ3v) is 8.08. The average molecular weight is 549 g/mol. The molecule has 0 saturated carbocycles. The first kappa shape index (κ1) is 28.7. The summed E-state index contributed by atoms with van der Waals surface area (Å²) in [7, 11) is 0. The lowest BCUT2D eigenvalue weighted by molar-refractivity contribution is -0.134. The highest BCUT2D eigenvalue weighted by molar-refractivity contribution is 6.30. The molecular weight excluding hydrogens is 508 g/mol. The number of halogens is 1. The summed E-state index contributed by atoms with van der Waals surface area (Å²) < 4.78 is 16.5. The molecular formula is C29H41ClN2O6.